The van der Waals surface area contributed by atoms with E-state index < -0.39 is 0 Å². The molecule has 0 saturated carbocycles. The first-order valence-corrected chi connectivity index (χ1v) is 7.42. The van der Waals surface area contributed by atoms with E-state index in [1.54, 1.807) is 0 Å². The lowest BCUT2D eigenvalue weighted by Gasteiger charge is -2.10. The Labute approximate surface area is 103 Å². The third kappa shape index (κ3) is 12.0. The second-order valence-corrected chi connectivity index (χ2v) is 5.23. The molecule has 0 spiro atoms. The summed E-state index contributed by atoms with van der Waals surface area (Å²) >= 11 is 0. The Balaban J connectivity index is 3.06. The fourth-order valence-corrected chi connectivity index (χ4v) is 2.20. The van der Waals surface area contributed by atoms with Crippen molar-refractivity contribution in [2.75, 3.05) is 6.61 Å². The third-order valence-corrected chi connectivity index (χ3v) is 3.41. The van der Waals surface area contributed by atoms with Crippen molar-refractivity contribution in [1.82, 2.24) is 0 Å². The second-order valence-electron chi connectivity index (χ2n) is 5.23. The van der Waals surface area contributed by atoms with Crippen LogP contribution in [0.2, 0.25) is 0 Å². The molecule has 0 aromatic rings. The Morgan fingerprint density at radius 2 is 1.25 bits per heavy atom. The first kappa shape index (κ1) is 16.0. The van der Waals surface area contributed by atoms with Crippen LogP contribution >= 0.6 is 0 Å². The van der Waals surface area contributed by atoms with Crippen LogP contribution in [-0.4, -0.2) is 11.7 Å². The van der Waals surface area contributed by atoms with Crippen LogP contribution in [0.15, 0.2) is 0 Å². The normalized spacial score (nSPS) is 12.9. The van der Waals surface area contributed by atoms with Gasteiger partial charge in [-0.15, -0.1) is 0 Å². The van der Waals surface area contributed by atoms with Gasteiger partial charge in [-0.05, 0) is 12.3 Å². The Morgan fingerprint density at radius 1 is 0.750 bits per heavy atom. The molecule has 0 aliphatic heterocycles. The zero-order valence-electron chi connectivity index (χ0n) is 11.5. The van der Waals surface area contributed by atoms with Gasteiger partial charge in [-0.25, -0.2) is 0 Å². The maximum Gasteiger partial charge on any atom is 0.0431 e. The smallest absolute Gasteiger partial charge is 0.0431 e. The van der Waals surface area contributed by atoms with Gasteiger partial charge < -0.3 is 5.11 Å². The summed E-state index contributed by atoms with van der Waals surface area (Å²) in [6.07, 6.45) is 14.7. The van der Waals surface area contributed by atoms with Crippen molar-refractivity contribution in [1.29, 1.82) is 0 Å². The minimum atomic E-state index is 0.370. The van der Waals surface area contributed by atoms with Gasteiger partial charge in [-0.2, -0.15) is 0 Å². The van der Waals surface area contributed by atoms with Crippen LogP contribution in [0.25, 0.3) is 0 Å². The fraction of sp³-hybridized carbons (Fsp3) is 1.00. The molecule has 0 aromatic carbocycles. The van der Waals surface area contributed by atoms with E-state index in [1.165, 1.54) is 64.2 Å². The van der Waals surface area contributed by atoms with E-state index >= 15 is 0 Å². The first-order chi connectivity index (χ1) is 7.81. The molecule has 0 bridgehead atoms. The molecule has 0 aliphatic rings. The zero-order valence-corrected chi connectivity index (χ0v) is 11.5. The highest BCUT2D eigenvalue weighted by molar-refractivity contribution is 4.55. The molecular formula is C15H32O. The quantitative estimate of drug-likeness (QED) is 0.470. The molecule has 0 aliphatic carbocycles. The molecule has 0 amide bonds. The molecule has 1 unspecified atom stereocenters. The van der Waals surface area contributed by atoms with Crippen molar-refractivity contribution < 1.29 is 5.11 Å². The molecule has 0 heterocycles. The number of aliphatic hydroxyl groups excluding tert-OH is 1. The fourth-order valence-electron chi connectivity index (χ4n) is 2.20. The second kappa shape index (κ2) is 13.0. The average molecular weight is 228 g/mol. The molecule has 0 radical (unpaired) electrons. The van der Waals surface area contributed by atoms with Gasteiger partial charge in [0.1, 0.15) is 0 Å². The van der Waals surface area contributed by atoms with Gasteiger partial charge in [0.2, 0.25) is 0 Å². The van der Waals surface area contributed by atoms with E-state index in [4.69, 9.17) is 5.11 Å². The molecule has 0 aromatic heterocycles. The van der Waals surface area contributed by atoms with Crippen LogP contribution in [0.5, 0.6) is 0 Å². The van der Waals surface area contributed by atoms with Crippen molar-refractivity contribution in [3.8, 4) is 0 Å². The Morgan fingerprint density at radius 3 is 1.81 bits per heavy atom. The maximum atomic E-state index is 8.64. The summed E-state index contributed by atoms with van der Waals surface area (Å²) < 4.78 is 0. The van der Waals surface area contributed by atoms with Gasteiger partial charge in [0.15, 0.2) is 0 Å². The van der Waals surface area contributed by atoms with Crippen molar-refractivity contribution in [3.63, 3.8) is 0 Å². The maximum absolute atomic E-state index is 8.64. The minimum Gasteiger partial charge on any atom is -0.396 e. The standard InChI is InChI=1S/C15H32O/c1-3-4-9-12-15(2)13-10-7-5-6-8-11-14-16/h15-16H,3-14H2,1-2H3. The van der Waals surface area contributed by atoms with Crippen molar-refractivity contribution in [3.05, 3.63) is 0 Å². The van der Waals surface area contributed by atoms with Gasteiger partial charge in [-0.1, -0.05) is 78.1 Å². The number of rotatable bonds is 12. The Kier molecular flexibility index (Phi) is 13.0. The Hall–Kier alpha value is -0.0400. The molecule has 0 saturated heterocycles. The Bertz CT molecular complexity index is 123. The summed E-state index contributed by atoms with van der Waals surface area (Å²) in [4.78, 5) is 0. The molecule has 1 nitrogen and oxygen atoms in total. The topological polar surface area (TPSA) is 20.2 Å². The largest absolute Gasteiger partial charge is 0.396 e. The van der Waals surface area contributed by atoms with Crippen molar-refractivity contribution >= 4 is 0 Å². The summed E-state index contributed by atoms with van der Waals surface area (Å²) in [5.41, 5.74) is 0. The molecule has 1 heteroatoms. The predicted molar refractivity (Wildman–Crippen MR) is 72.7 cm³/mol. The summed E-state index contributed by atoms with van der Waals surface area (Å²) in [7, 11) is 0. The van der Waals surface area contributed by atoms with E-state index in [-0.39, 0.29) is 0 Å². The lowest BCUT2D eigenvalue weighted by atomic mass is 9.96. The molecule has 98 valence electrons. The SMILES string of the molecule is CCCCCC(C)CCCCCCCCO. The van der Waals surface area contributed by atoms with Crippen LogP contribution in [0.4, 0.5) is 0 Å². The predicted octanol–water partition coefficient (Wildman–Crippen LogP) is 4.93. The number of aliphatic hydroxyl groups is 1. The van der Waals surface area contributed by atoms with E-state index in [0.29, 0.717) is 6.61 Å². The van der Waals surface area contributed by atoms with Crippen LogP contribution in [0.3, 0.4) is 0 Å². The number of hydrogen-bond donors (Lipinski definition) is 1. The van der Waals surface area contributed by atoms with Crippen molar-refractivity contribution in [2.45, 2.75) is 84.5 Å². The molecule has 1 N–H and O–H groups in total. The van der Waals surface area contributed by atoms with E-state index in [2.05, 4.69) is 13.8 Å². The summed E-state index contributed by atoms with van der Waals surface area (Å²) in [6, 6.07) is 0. The van der Waals surface area contributed by atoms with Crippen LogP contribution in [-0.2, 0) is 0 Å². The third-order valence-electron chi connectivity index (χ3n) is 3.41. The highest BCUT2D eigenvalue weighted by atomic mass is 16.2. The van der Waals surface area contributed by atoms with Gasteiger partial charge in [0.25, 0.3) is 0 Å². The van der Waals surface area contributed by atoms with E-state index in [1.807, 2.05) is 0 Å². The molecule has 1 atom stereocenters. The molecule has 0 rings (SSSR count). The lowest BCUT2D eigenvalue weighted by Crippen LogP contribution is -1.95. The van der Waals surface area contributed by atoms with E-state index in [9.17, 15) is 0 Å². The summed E-state index contributed by atoms with van der Waals surface area (Å²) in [6.45, 7) is 5.05. The summed E-state index contributed by atoms with van der Waals surface area (Å²) in [5.74, 6) is 0.934. The van der Waals surface area contributed by atoms with Gasteiger partial charge in [0, 0.05) is 6.61 Å². The molecule has 16 heavy (non-hydrogen) atoms. The number of hydrogen-bond acceptors (Lipinski definition) is 1. The van der Waals surface area contributed by atoms with Gasteiger partial charge >= 0.3 is 0 Å². The van der Waals surface area contributed by atoms with Crippen LogP contribution < -0.4 is 0 Å². The van der Waals surface area contributed by atoms with Gasteiger partial charge in [-0.3, -0.25) is 0 Å². The van der Waals surface area contributed by atoms with Gasteiger partial charge in [0.05, 0.1) is 0 Å². The lowest BCUT2D eigenvalue weighted by molar-refractivity contribution is 0.282. The highest BCUT2D eigenvalue weighted by Crippen LogP contribution is 2.17. The molecular weight excluding hydrogens is 196 g/mol. The first-order valence-electron chi connectivity index (χ1n) is 7.42. The van der Waals surface area contributed by atoms with E-state index in [0.717, 1.165) is 12.3 Å². The summed E-state index contributed by atoms with van der Waals surface area (Å²) in [5, 5.41) is 8.64. The zero-order chi connectivity index (χ0) is 12.1. The average Bonchev–Trinajstić information content (AvgIpc) is 2.28. The van der Waals surface area contributed by atoms with Crippen LogP contribution in [0.1, 0.15) is 84.5 Å². The van der Waals surface area contributed by atoms with Crippen molar-refractivity contribution in [2.24, 2.45) is 5.92 Å². The number of unbranched alkanes of at least 4 members (excludes halogenated alkanes) is 7. The minimum absolute atomic E-state index is 0.370. The highest BCUT2D eigenvalue weighted by Gasteiger charge is 2.01. The monoisotopic (exact) mass is 228 g/mol. The molecule has 0 fully saturated rings. The van der Waals surface area contributed by atoms with Crippen LogP contribution in [0, 0.1) is 5.92 Å².